The van der Waals surface area contributed by atoms with E-state index in [4.69, 9.17) is 0 Å². The lowest BCUT2D eigenvalue weighted by atomic mass is 9.89. The largest absolute Gasteiger partial charge is 0.326 e. The topological polar surface area (TPSA) is 83.5 Å². The maximum atomic E-state index is 12.5. The first-order chi connectivity index (χ1) is 14.2. The molecule has 0 aromatic heterocycles. The number of nitrogens with one attached hydrogen (secondary N) is 1. The maximum absolute atomic E-state index is 12.5. The Hall–Kier alpha value is -2.51. The van der Waals surface area contributed by atoms with Crippen LogP contribution in [0.3, 0.4) is 0 Å². The lowest BCUT2D eigenvalue weighted by molar-refractivity contribution is -0.116. The van der Waals surface area contributed by atoms with Crippen LogP contribution >= 0.6 is 0 Å². The predicted molar refractivity (Wildman–Crippen MR) is 117 cm³/mol. The van der Waals surface area contributed by atoms with Crippen LogP contribution in [0.15, 0.2) is 41.3 Å². The summed E-state index contributed by atoms with van der Waals surface area (Å²) in [6.45, 7) is 1.71. The summed E-state index contributed by atoms with van der Waals surface area (Å²) in [5, 5.41) is 2.70. The molecule has 1 aliphatic rings. The summed E-state index contributed by atoms with van der Waals surface area (Å²) in [5.41, 5.74) is 4.21. The Labute approximate surface area is 178 Å². The molecule has 1 aliphatic carbocycles. The average molecular weight is 429 g/mol. The molecule has 0 fully saturated rings. The minimum Gasteiger partial charge on any atom is -0.326 e. The Morgan fingerprint density at radius 3 is 2.37 bits per heavy atom. The van der Waals surface area contributed by atoms with Crippen LogP contribution in [0.5, 0.6) is 0 Å². The normalized spacial score (nSPS) is 13.7. The van der Waals surface area contributed by atoms with Gasteiger partial charge in [0, 0.05) is 38.2 Å². The molecule has 0 unspecified atom stereocenters. The molecule has 3 rings (SSSR count). The van der Waals surface area contributed by atoms with Crippen LogP contribution in [0.1, 0.15) is 52.7 Å². The van der Waals surface area contributed by atoms with Gasteiger partial charge in [-0.2, -0.15) is 0 Å². The summed E-state index contributed by atoms with van der Waals surface area (Å²) < 4.78 is 26.0. The van der Waals surface area contributed by atoms with Crippen molar-refractivity contribution in [3.8, 4) is 0 Å². The summed E-state index contributed by atoms with van der Waals surface area (Å²) in [5.74, 6) is -0.378. The van der Waals surface area contributed by atoms with Gasteiger partial charge in [0.2, 0.25) is 15.9 Å². The number of hydrogen-bond donors (Lipinski definition) is 1. The minimum absolute atomic E-state index is 0.0412. The van der Waals surface area contributed by atoms with Crippen LogP contribution in [0.25, 0.3) is 0 Å². The second-order valence-electron chi connectivity index (χ2n) is 7.93. The van der Waals surface area contributed by atoms with Crippen LogP contribution < -0.4 is 5.32 Å². The van der Waals surface area contributed by atoms with Crippen molar-refractivity contribution in [3.05, 3.63) is 58.7 Å². The molecule has 0 radical (unpaired) electrons. The third-order valence-corrected chi connectivity index (χ3v) is 7.44. The van der Waals surface area contributed by atoms with Crippen LogP contribution in [0.4, 0.5) is 5.69 Å². The number of carbonyl (C=O) groups is 2. The monoisotopic (exact) mass is 428 g/mol. The predicted octanol–water partition coefficient (Wildman–Crippen LogP) is 3.73. The zero-order valence-electron chi connectivity index (χ0n) is 17.7. The first kappa shape index (κ1) is 22.2. The van der Waals surface area contributed by atoms with E-state index in [1.54, 1.807) is 19.1 Å². The van der Waals surface area contributed by atoms with Crippen molar-refractivity contribution < 1.29 is 18.0 Å². The molecule has 0 aliphatic heterocycles. The van der Waals surface area contributed by atoms with Crippen molar-refractivity contribution >= 4 is 27.4 Å². The molecule has 2 aromatic rings. The number of nitrogens with zero attached hydrogens (tertiary/aromatic N) is 1. The van der Waals surface area contributed by atoms with Crippen molar-refractivity contribution in [1.82, 2.24) is 4.31 Å². The molecule has 0 saturated carbocycles. The molecule has 0 saturated heterocycles. The molecular formula is C23H28N2O4S. The molecule has 0 spiro atoms. The van der Waals surface area contributed by atoms with Crippen LogP contribution in [-0.4, -0.2) is 38.5 Å². The highest BCUT2D eigenvalue weighted by Gasteiger charge is 2.20. The van der Waals surface area contributed by atoms with Crippen LogP contribution in [0, 0.1) is 6.92 Å². The highest BCUT2D eigenvalue weighted by atomic mass is 32.2. The van der Waals surface area contributed by atoms with Gasteiger partial charge in [0.15, 0.2) is 5.78 Å². The fraction of sp³-hybridized carbons (Fsp3) is 0.391. The average Bonchev–Trinajstić information content (AvgIpc) is 2.72. The highest BCUT2D eigenvalue weighted by molar-refractivity contribution is 7.89. The number of Topliss-reactive ketones (excluding diaryl/α,β-unsaturated/α-hetero) is 1. The first-order valence-corrected chi connectivity index (χ1v) is 11.6. The highest BCUT2D eigenvalue weighted by Crippen LogP contribution is 2.24. The molecule has 160 valence electrons. The van der Waals surface area contributed by atoms with Gasteiger partial charge in [-0.25, -0.2) is 12.7 Å². The van der Waals surface area contributed by atoms with Gasteiger partial charge in [-0.15, -0.1) is 0 Å². The molecule has 7 heteroatoms. The number of amides is 1. The third-order valence-electron chi connectivity index (χ3n) is 5.48. The lowest BCUT2D eigenvalue weighted by Crippen LogP contribution is -2.23. The first-order valence-electron chi connectivity index (χ1n) is 10.2. The second-order valence-corrected chi connectivity index (χ2v) is 10.0. The molecule has 0 atom stereocenters. The summed E-state index contributed by atoms with van der Waals surface area (Å²) >= 11 is 0. The van der Waals surface area contributed by atoms with E-state index < -0.39 is 10.0 Å². The number of aryl methyl sites for hydroxylation is 3. The van der Waals surface area contributed by atoms with Crippen LogP contribution in [-0.2, 0) is 27.7 Å². The Kier molecular flexibility index (Phi) is 6.73. The van der Waals surface area contributed by atoms with E-state index in [-0.39, 0.29) is 29.4 Å². The number of fused-ring (bicyclic) bond motifs is 1. The molecule has 0 heterocycles. The molecule has 2 aromatic carbocycles. The zero-order chi connectivity index (χ0) is 21.9. The van der Waals surface area contributed by atoms with Gasteiger partial charge in [0.1, 0.15) is 0 Å². The second kappa shape index (κ2) is 9.10. The summed E-state index contributed by atoms with van der Waals surface area (Å²) in [7, 11) is -0.678. The van der Waals surface area contributed by atoms with Gasteiger partial charge in [-0.1, -0.05) is 18.2 Å². The number of ketones is 1. The van der Waals surface area contributed by atoms with Crippen molar-refractivity contribution in [2.45, 2.75) is 50.3 Å². The van der Waals surface area contributed by atoms with E-state index in [0.717, 1.165) is 23.6 Å². The van der Waals surface area contributed by atoms with E-state index in [2.05, 4.69) is 5.32 Å². The molecule has 0 bridgehead atoms. The van der Waals surface area contributed by atoms with Gasteiger partial charge >= 0.3 is 0 Å². The van der Waals surface area contributed by atoms with Crippen molar-refractivity contribution in [3.63, 3.8) is 0 Å². The number of benzene rings is 2. The van der Waals surface area contributed by atoms with Gasteiger partial charge in [-0.3, -0.25) is 9.59 Å². The SMILES string of the molecule is Cc1ccc(NC(=O)CCC(=O)c2ccc3c(c2)CCCC3)cc1S(=O)(=O)N(C)C. The summed E-state index contributed by atoms with van der Waals surface area (Å²) in [6.07, 6.45) is 4.56. The number of anilines is 1. The number of sulfonamides is 1. The lowest BCUT2D eigenvalue weighted by Gasteiger charge is -2.16. The fourth-order valence-electron chi connectivity index (χ4n) is 3.65. The van der Waals surface area contributed by atoms with E-state index in [9.17, 15) is 18.0 Å². The molecule has 30 heavy (non-hydrogen) atoms. The van der Waals surface area contributed by atoms with E-state index in [1.165, 1.54) is 37.7 Å². The minimum atomic E-state index is -3.61. The van der Waals surface area contributed by atoms with E-state index >= 15 is 0 Å². The Morgan fingerprint density at radius 2 is 1.67 bits per heavy atom. The van der Waals surface area contributed by atoms with Gasteiger partial charge < -0.3 is 5.32 Å². The van der Waals surface area contributed by atoms with E-state index in [0.29, 0.717) is 16.8 Å². The number of hydrogen-bond acceptors (Lipinski definition) is 4. The quantitative estimate of drug-likeness (QED) is 0.681. The standard InChI is InChI=1S/C23H28N2O4S/c1-16-8-11-20(15-22(16)30(28,29)25(2)3)24-23(27)13-12-21(26)19-10-9-17-6-4-5-7-18(17)14-19/h8-11,14-15H,4-7,12-13H2,1-3H3,(H,24,27). The fourth-order valence-corrected chi connectivity index (χ4v) is 4.80. The van der Waals surface area contributed by atoms with Gasteiger partial charge in [0.25, 0.3) is 0 Å². The number of rotatable bonds is 7. The Bertz CT molecular complexity index is 1070. The molecule has 6 nitrogen and oxygen atoms in total. The van der Waals surface area contributed by atoms with Crippen molar-refractivity contribution in [1.29, 1.82) is 0 Å². The summed E-state index contributed by atoms with van der Waals surface area (Å²) in [4.78, 5) is 25.0. The third kappa shape index (κ3) is 4.96. The molecule has 1 amide bonds. The van der Waals surface area contributed by atoms with Crippen molar-refractivity contribution in [2.75, 3.05) is 19.4 Å². The molecular weight excluding hydrogens is 400 g/mol. The maximum Gasteiger partial charge on any atom is 0.242 e. The number of carbonyl (C=O) groups excluding carboxylic acids is 2. The summed E-state index contributed by atoms with van der Waals surface area (Å²) in [6, 6.07) is 10.6. The van der Waals surface area contributed by atoms with Gasteiger partial charge in [-0.05, 0) is 67.5 Å². The Morgan fingerprint density at radius 1 is 0.967 bits per heavy atom. The van der Waals surface area contributed by atoms with E-state index in [1.807, 2.05) is 18.2 Å². The Balaban J connectivity index is 1.63. The smallest absolute Gasteiger partial charge is 0.242 e. The zero-order valence-corrected chi connectivity index (χ0v) is 18.5. The molecule has 1 N–H and O–H groups in total. The van der Waals surface area contributed by atoms with Gasteiger partial charge in [0.05, 0.1) is 4.90 Å². The van der Waals surface area contributed by atoms with Crippen LogP contribution in [0.2, 0.25) is 0 Å². The van der Waals surface area contributed by atoms with Crippen molar-refractivity contribution in [2.24, 2.45) is 0 Å².